The molecule has 29 heavy (non-hydrogen) atoms. The first-order valence-electron chi connectivity index (χ1n) is 9.00. The molecule has 0 aliphatic rings. The highest BCUT2D eigenvalue weighted by atomic mass is 127. The van der Waals surface area contributed by atoms with Crippen LogP contribution in [-0.4, -0.2) is 7.11 Å². The van der Waals surface area contributed by atoms with Gasteiger partial charge < -0.3 is 52.7 Å². The summed E-state index contributed by atoms with van der Waals surface area (Å²) in [6.45, 7) is 2.13. The van der Waals surface area contributed by atoms with Gasteiger partial charge in [-0.2, -0.15) is 0 Å². The normalized spacial score (nSPS) is 10.6. The molecule has 1 aromatic carbocycles. The average molecular weight is 612 g/mol. The Hall–Kier alpha value is -1.74. The third-order valence-corrected chi connectivity index (χ3v) is 4.54. The maximum Gasteiger partial charge on any atom is 0.169 e. The van der Waals surface area contributed by atoms with E-state index in [4.69, 9.17) is 4.74 Å². The largest absolute Gasteiger partial charge is 1.00 e. The summed E-state index contributed by atoms with van der Waals surface area (Å²) >= 11 is 0. The van der Waals surface area contributed by atoms with Gasteiger partial charge in [0.2, 0.25) is 0 Å². The summed E-state index contributed by atoms with van der Waals surface area (Å²) in [4.78, 5) is 0. The third-order valence-electron chi connectivity index (χ3n) is 4.54. The minimum Gasteiger partial charge on any atom is -1.00 e. The van der Waals surface area contributed by atoms with Crippen molar-refractivity contribution in [1.82, 2.24) is 0 Å². The lowest BCUT2D eigenvalue weighted by atomic mass is 10.0. The zero-order valence-electron chi connectivity index (χ0n) is 17.1. The summed E-state index contributed by atoms with van der Waals surface area (Å²) in [5.74, 6) is 0.873. The first-order valence-corrected chi connectivity index (χ1v) is 9.00. The zero-order chi connectivity index (χ0) is 19.2. The Labute approximate surface area is 207 Å². The van der Waals surface area contributed by atoms with Crippen LogP contribution in [0, 0.1) is 6.92 Å². The van der Waals surface area contributed by atoms with E-state index in [1.165, 1.54) is 11.1 Å². The number of hydrogen-bond donors (Lipinski definition) is 0. The molecule has 3 aromatic rings. The van der Waals surface area contributed by atoms with E-state index in [1.54, 1.807) is 7.11 Å². The molecule has 2 heterocycles. The fourth-order valence-corrected chi connectivity index (χ4v) is 2.83. The number of benzene rings is 1. The Balaban J connectivity index is 0.00000210. The topological polar surface area (TPSA) is 17.0 Å². The summed E-state index contributed by atoms with van der Waals surface area (Å²) in [6.07, 6.45) is 16.6. The quantitative estimate of drug-likeness (QED) is 0.241. The molecule has 0 radical (unpaired) electrons. The van der Waals surface area contributed by atoms with Crippen LogP contribution in [0.5, 0.6) is 5.75 Å². The second-order valence-electron chi connectivity index (χ2n) is 6.71. The van der Waals surface area contributed by atoms with Crippen LogP contribution in [0.3, 0.4) is 0 Å². The smallest absolute Gasteiger partial charge is 0.169 e. The van der Waals surface area contributed by atoms with Crippen LogP contribution in [0.1, 0.15) is 27.8 Å². The molecule has 2 aromatic heterocycles. The van der Waals surface area contributed by atoms with Crippen molar-refractivity contribution in [2.75, 3.05) is 7.11 Å². The minimum absolute atomic E-state index is 0. The number of aromatic nitrogens is 2. The molecule has 0 atom stereocenters. The number of halogens is 2. The van der Waals surface area contributed by atoms with Crippen LogP contribution in [-0.2, 0) is 14.1 Å². The summed E-state index contributed by atoms with van der Waals surface area (Å²) < 4.78 is 9.67. The van der Waals surface area contributed by atoms with Crippen LogP contribution in [0.25, 0.3) is 24.3 Å². The highest BCUT2D eigenvalue weighted by molar-refractivity contribution is 5.77. The van der Waals surface area contributed by atoms with Gasteiger partial charge in [0.1, 0.15) is 19.8 Å². The maximum atomic E-state index is 5.62. The molecule has 5 heteroatoms. The zero-order valence-corrected chi connectivity index (χ0v) is 21.5. The molecule has 0 spiro atoms. The average Bonchev–Trinajstić information content (AvgIpc) is 2.68. The number of methoxy groups -OCH3 is 1. The van der Waals surface area contributed by atoms with E-state index in [1.807, 2.05) is 48.0 Å². The van der Waals surface area contributed by atoms with Gasteiger partial charge in [-0.3, -0.25) is 0 Å². The van der Waals surface area contributed by atoms with Crippen LogP contribution in [0.4, 0.5) is 0 Å². The molecular weight excluding hydrogens is 586 g/mol. The molecule has 0 unspecified atom stereocenters. The van der Waals surface area contributed by atoms with Crippen molar-refractivity contribution in [1.29, 1.82) is 0 Å². The Morgan fingerprint density at radius 3 is 1.59 bits per heavy atom. The van der Waals surface area contributed by atoms with E-state index in [2.05, 4.69) is 67.6 Å². The fourth-order valence-electron chi connectivity index (χ4n) is 2.83. The molecule has 0 amide bonds. The molecule has 0 N–H and O–H groups in total. The molecule has 3 nitrogen and oxygen atoms in total. The molecule has 0 aliphatic carbocycles. The maximum absolute atomic E-state index is 5.62. The number of aryl methyl sites for hydroxylation is 3. The molecule has 0 saturated carbocycles. The lowest BCUT2D eigenvalue weighted by Gasteiger charge is -2.09. The van der Waals surface area contributed by atoms with Crippen molar-refractivity contribution in [2.45, 2.75) is 6.92 Å². The van der Waals surface area contributed by atoms with Gasteiger partial charge >= 0.3 is 0 Å². The van der Waals surface area contributed by atoms with Crippen molar-refractivity contribution < 1.29 is 61.8 Å². The second-order valence-corrected chi connectivity index (χ2v) is 6.71. The van der Waals surface area contributed by atoms with Crippen molar-refractivity contribution in [2.24, 2.45) is 14.1 Å². The third kappa shape index (κ3) is 7.22. The molecule has 0 aliphatic heterocycles. The number of nitrogens with zero attached hydrogens (tertiary/aromatic N) is 2. The van der Waals surface area contributed by atoms with Crippen LogP contribution in [0.2, 0.25) is 0 Å². The second kappa shape index (κ2) is 12.1. The van der Waals surface area contributed by atoms with Gasteiger partial charge in [-0.25, -0.2) is 9.13 Å². The van der Waals surface area contributed by atoms with Gasteiger partial charge in [0, 0.05) is 29.8 Å². The molecule has 3 rings (SSSR count). The monoisotopic (exact) mass is 612 g/mol. The molecular formula is C24H26I2N2O. The number of pyridine rings is 2. The Kier molecular flexibility index (Phi) is 10.5. The number of ether oxygens (including phenoxy) is 1. The molecule has 0 bridgehead atoms. The highest BCUT2D eigenvalue weighted by Gasteiger charge is 2.05. The van der Waals surface area contributed by atoms with Crippen molar-refractivity contribution >= 4 is 24.3 Å². The molecule has 0 saturated heterocycles. The van der Waals surface area contributed by atoms with Gasteiger partial charge in [0.25, 0.3) is 0 Å². The standard InChI is InChI=1S/C24H26N2O.2HI/c1-19-17-23(8-6-21-11-15-26(3)16-12-21)24(27-4)18-22(19)7-5-20-9-13-25(2)14-10-20;;/h5-18H,1-4H3;2*1H/q+2;;/p-2/b7-5+,8-6+;;. The summed E-state index contributed by atoms with van der Waals surface area (Å²) in [5, 5.41) is 0. The van der Waals surface area contributed by atoms with Crippen LogP contribution < -0.4 is 61.8 Å². The van der Waals surface area contributed by atoms with E-state index in [-0.39, 0.29) is 48.0 Å². The van der Waals surface area contributed by atoms with Crippen molar-refractivity contribution in [3.63, 3.8) is 0 Å². The molecule has 0 fully saturated rings. The van der Waals surface area contributed by atoms with Crippen molar-refractivity contribution in [3.8, 4) is 5.75 Å². The van der Waals surface area contributed by atoms with Gasteiger partial charge in [-0.15, -0.1) is 0 Å². The molecule has 152 valence electrons. The predicted octanol–water partition coefficient (Wildman–Crippen LogP) is -2.00. The number of hydrogen-bond acceptors (Lipinski definition) is 1. The highest BCUT2D eigenvalue weighted by Crippen LogP contribution is 2.26. The first kappa shape index (κ1) is 25.3. The van der Waals surface area contributed by atoms with Crippen LogP contribution >= 0.6 is 0 Å². The summed E-state index contributed by atoms with van der Waals surface area (Å²) in [7, 11) is 5.75. The van der Waals surface area contributed by atoms with Gasteiger partial charge in [0.05, 0.1) is 7.11 Å². The summed E-state index contributed by atoms with van der Waals surface area (Å²) in [5.41, 5.74) is 5.78. The van der Waals surface area contributed by atoms with E-state index >= 15 is 0 Å². The van der Waals surface area contributed by atoms with Crippen molar-refractivity contribution in [3.05, 3.63) is 89.0 Å². The Morgan fingerprint density at radius 1 is 0.690 bits per heavy atom. The first-order chi connectivity index (χ1) is 13.0. The predicted molar refractivity (Wildman–Crippen MR) is 111 cm³/mol. The van der Waals surface area contributed by atoms with E-state index in [9.17, 15) is 0 Å². The Bertz CT molecular complexity index is 979. The van der Waals surface area contributed by atoms with E-state index in [0.717, 1.165) is 22.4 Å². The lowest BCUT2D eigenvalue weighted by Crippen LogP contribution is -3.00. The van der Waals surface area contributed by atoms with Gasteiger partial charge in [0.15, 0.2) is 24.8 Å². The lowest BCUT2D eigenvalue weighted by molar-refractivity contribution is -0.671. The van der Waals surface area contributed by atoms with E-state index in [0.29, 0.717) is 0 Å². The van der Waals surface area contributed by atoms with Gasteiger partial charge in [-0.1, -0.05) is 24.3 Å². The SMILES string of the molecule is COc1cc(/C=C/c2cc[n+](C)cc2)c(C)cc1/C=C/c1cc[n+](C)cc1.[I-].[I-]. The Morgan fingerprint density at radius 2 is 1.14 bits per heavy atom. The summed E-state index contributed by atoms with van der Waals surface area (Å²) in [6, 6.07) is 12.6. The minimum atomic E-state index is 0. The van der Waals surface area contributed by atoms with Crippen LogP contribution in [0.15, 0.2) is 61.2 Å². The fraction of sp³-hybridized carbons (Fsp3) is 0.167. The van der Waals surface area contributed by atoms with Gasteiger partial charge in [-0.05, 0) is 41.3 Å². The number of rotatable bonds is 5. The van der Waals surface area contributed by atoms with E-state index < -0.39 is 0 Å².